The summed E-state index contributed by atoms with van der Waals surface area (Å²) in [5, 5.41) is 13.4. The number of aliphatic hydroxyl groups is 1. The van der Waals surface area contributed by atoms with Gasteiger partial charge in [-0.1, -0.05) is 53.5 Å². The maximum absolute atomic E-state index is 12.8. The van der Waals surface area contributed by atoms with E-state index in [4.69, 9.17) is 23.2 Å². The third-order valence-electron chi connectivity index (χ3n) is 4.48. The Labute approximate surface area is 180 Å². The molecule has 1 unspecified atom stereocenters. The van der Waals surface area contributed by atoms with E-state index < -0.39 is 10.0 Å². The number of benzene rings is 3. The first kappa shape index (κ1) is 21.6. The zero-order valence-corrected chi connectivity index (χ0v) is 17.9. The molecule has 3 aromatic carbocycles. The molecule has 0 saturated heterocycles. The monoisotopic (exact) mass is 450 g/mol. The molecule has 0 aliphatic heterocycles. The van der Waals surface area contributed by atoms with Crippen molar-refractivity contribution in [3.8, 4) is 11.1 Å². The predicted molar refractivity (Wildman–Crippen MR) is 118 cm³/mol. The van der Waals surface area contributed by atoms with Crippen LogP contribution >= 0.6 is 23.2 Å². The number of aliphatic hydroxyl groups excluding tert-OH is 1. The van der Waals surface area contributed by atoms with E-state index in [1.165, 1.54) is 12.1 Å². The second-order valence-corrected chi connectivity index (χ2v) is 8.93. The van der Waals surface area contributed by atoms with Crippen LogP contribution in [0.4, 0.5) is 5.69 Å². The molecule has 0 fully saturated rings. The fourth-order valence-corrected chi connectivity index (χ4v) is 4.50. The quantitative estimate of drug-likeness (QED) is 0.486. The fraction of sp³-hybridized carbons (Fsp3) is 0.143. The van der Waals surface area contributed by atoms with Crippen molar-refractivity contribution in [2.75, 3.05) is 18.4 Å². The van der Waals surface area contributed by atoms with Crippen LogP contribution in [-0.4, -0.2) is 27.2 Å². The van der Waals surface area contributed by atoms with Crippen LogP contribution in [0.15, 0.2) is 71.6 Å². The molecule has 5 nitrogen and oxygen atoms in total. The highest BCUT2D eigenvalue weighted by molar-refractivity contribution is 7.92. The Morgan fingerprint density at radius 1 is 1.00 bits per heavy atom. The Morgan fingerprint density at radius 2 is 1.72 bits per heavy atom. The second kappa shape index (κ2) is 9.15. The van der Waals surface area contributed by atoms with Gasteiger partial charge >= 0.3 is 0 Å². The van der Waals surface area contributed by atoms with Gasteiger partial charge in [0.2, 0.25) is 0 Å². The van der Waals surface area contributed by atoms with Crippen molar-refractivity contribution in [2.45, 2.75) is 10.9 Å². The maximum atomic E-state index is 12.8. The summed E-state index contributed by atoms with van der Waals surface area (Å²) in [5.74, 6) is 0. The largest absolute Gasteiger partial charge is 0.394 e. The summed E-state index contributed by atoms with van der Waals surface area (Å²) in [6.07, 6.45) is 0. The Balaban J connectivity index is 1.84. The van der Waals surface area contributed by atoms with E-state index >= 15 is 0 Å². The van der Waals surface area contributed by atoms with Gasteiger partial charge < -0.3 is 10.4 Å². The maximum Gasteiger partial charge on any atom is 0.261 e. The molecular weight excluding hydrogens is 431 g/mol. The van der Waals surface area contributed by atoms with Crippen molar-refractivity contribution in [3.63, 3.8) is 0 Å². The summed E-state index contributed by atoms with van der Waals surface area (Å²) in [7, 11) is -2.04. The molecule has 0 aliphatic rings. The highest BCUT2D eigenvalue weighted by Gasteiger charge is 2.16. The molecule has 3 aromatic rings. The van der Waals surface area contributed by atoms with E-state index in [2.05, 4.69) is 10.0 Å². The standard InChI is InChI=1S/C21H20Cl2N2O3S/c1-24-21(13-26)15-3-2-4-17(11-15)25-29(27,28)18-8-5-14(6-9-18)19-10-7-16(22)12-20(19)23/h2-12,21,24-26H,13H2,1H3. The Morgan fingerprint density at radius 3 is 2.34 bits per heavy atom. The number of hydrogen-bond donors (Lipinski definition) is 3. The van der Waals surface area contributed by atoms with Gasteiger partial charge in [-0.25, -0.2) is 8.42 Å². The zero-order valence-electron chi connectivity index (χ0n) is 15.6. The first-order chi connectivity index (χ1) is 13.8. The van der Waals surface area contributed by atoms with Gasteiger partial charge in [-0.3, -0.25) is 4.72 Å². The van der Waals surface area contributed by atoms with Crippen LogP contribution in [-0.2, 0) is 10.0 Å². The molecule has 0 saturated carbocycles. The van der Waals surface area contributed by atoms with Crippen LogP contribution in [0.25, 0.3) is 11.1 Å². The Bertz CT molecular complexity index is 1100. The molecule has 29 heavy (non-hydrogen) atoms. The van der Waals surface area contributed by atoms with E-state index in [0.717, 1.165) is 16.7 Å². The molecular formula is C21H20Cl2N2O3S. The van der Waals surface area contributed by atoms with Crippen molar-refractivity contribution in [3.05, 3.63) is 82.3 Å². The topological polar surface area (TPSA) is 78.4 Å². The number of rotatable bonds is 7. The molecule has 8 heteroatoms. The van der Waals surface area contributed by atoms with Crippen molar-refractivity contribution >= 4 is 38.9 Å². The van der Waals surface area contributed by atoms with Crippen LogP contribution in [0.5, 0.6) is 0 Å². The van der Waals surface area contributed by atoms with Crippen molar-refractivity contribution in [1.82, 2.24) is 5.32 Å². The van der Waals surface area contributed by atoms with E-state index in [1.54, 1.807) is 55.6 Å². The van der Waals surface area contributed by atoms with Crippen LogP contribution in [0, 0.1) is 0 Å². The molecule has 1 atom stereocenters. The Kier molecular flexibility index (Phi) is 6.82. The number of hydrogen-bond acceptors (Lipinski definition) is 4. The molecule has 152 valence electrons. The van der Waals surface area contributed by atoms with Crippen LogP contribution in [0.3, 0.4) is 0 Å². The van der Waals surface area contributed by atoms with E-state index in [-0.39, 0.29) is 17.5 Å². The number of sulfonamides is 1. The SMILES string of the molecule is CNC(CO)c1cccc(NS(=O)(=O)c2ccc(-c3ccc(Cl)cc3Cl)cc2)c1. The minimum absolute atomic E-state index is 0.0958. The molecule has 3 N–H and O–H groups in total. The van der Waals surface area contributed by atoms with E-state index in [9.17, 15) is 13.5 Å². The van der Waals surface area contributed by atoms with Gasteiger partial charge in [-0.2, -0.15) is 0 Å². The molecule has 0 aliphatic carbocycles. The summed E-state index contributed by atoms with van der Waals surface area (Å²) in [6.45, 7) is -0.0958. The Hall–Kier alpha value is -2.09. The third kappa shape index (κ3) is 5.10. The summed E-state index contributed by atoms with van der Waals surface area (Å²) >= 11 is 12.2. The average Bonchev–Trinajstić information content (AvgIpc) is 2.69. The van der Waals surface area contributed by atoms with Crippen molar-refractivity contribution < 1.29 is 13.5 Å². The highest BCUT2D eigenvalue weighted by Crippen LogP contribution is 2.31. The van der Waals surface area contributed by atoms with Crippen LogP contribution in [0.2, 0.25) is 10.0 Å². The minimum atomic E-state index is -3.77. The van der Waals surface area contributed by atoms with Crippen molar-refractivity contribution in [2.24, 2.45) is 0 Å². The number of anilines is 1. The molecule has 0 radical (unpaired) electrons. The lowest BCUT2D eigenvalue weighted by molar-refractivity contribution is 0.251. The minimum Gasteiger partial charge on any atom is -0.394 e. The number of nitrogens with one attached hydrogen (secondary N) is 2. The second-order valence-electron chi connectivity index (χ2n) is 6.40. The molecule has 0 aromatic heterocycles. The molecule has 3 rings (SSSR count). The van der Waals surface area contributed by atoms with Crippen LogP contribution in [0.1, 0.15) is 11.6 Å². The summed E-state index contributed by atoms with van der Waals surface area (Å²) < 4.78 is 28.1. The fourth-order valence-electron chi connectivity index (χ4n) is 2.93. The van der Waals surface area contributed by atoms with Gasteiger partial charge in [0.25, 0.3) is 10.0 Å². The van der Waals surface area contributed by atoms with Gasteiger partial charge in [0.05, 0.1) is 17.5 Å². The summed E-state index contributed by atoms with van der Waals surface area (Å²) in [6, 6.07) is 18.2. The first-order valence-electron chi connectivity index (χ1n) is 8.80. The van der Waals surface area contributed by atoms with Gasteiger partial charge in [0.15, 0.2) is 0 Å². The lowest BCUT2D eigenvalue weighted by Gasteiger charge is -2.15. The van der Waals surface area contributed by atoms with Gasteiger partial charge in [-0.15, -0.1) is 0 Å². The van der Waals surface area contributed by atoms with Gasteiger partial charge in [-0.05, 0) is 54.6 Å². The van der Waals surface area contributed by atoms with Gasteiger partial charge in [0.1, 0.15) is 0 Å². The van der Waals surface area contributed by atoms with E-state index in [0.29, 0.717) is 15.7 Å². The molecule has 0 heterocycles. The van der Waals surface area contributed by atoms with Gasteiger partial charge in [0, 0.05) is 21.3 Å². The lowest BCUT2D eigenvalue weighted by Crippen LogP contribution is -2.20. The zero-order chi connectivity index (χ0) is 21.0. The molecule has 0 spiro atoms. The smallest absolute Gasteiger partial charge is 0.261 e. The first-order valence-corrected chi connectivity index (χ1v) is 11.0. The average molecular weight is 451 g/mol. The molecule has 0 bridgehead atoms. The molecule has 0 amide bonds. The van der Waals surface area contributed by atoms with Crippen LogP contribution < -0.4 is 10.0 Å². The number of likely N-dealkylation sites (N-methyl/N-ethyl adjacent to an activating group) is 1. The highest BCUT2D eigenvalue weighted by atomic mass is 35.5. The normalized spacial score (nSPS) is 12.6. The number of halogens is 2. The third-order valence-corrected chi connectivity index (χ3v) is 6.42. The predicted octanol–water partition coefficient (Wildman–Crippen LogP) is 4.71. The lowest BCUT2D eigenvalue weighted by atomic mass is 10.1. The van der Waals surface area contributed by atoms with Crippen molar-refractivity contribution in [1.29, 1.82) is 0 Å². The summed E-state index contributed by atoms with van der Waals surface area (Å²) in [5.41, 5.74) is 2.75. The van der Waals surface area contributed by atoms with E-state index in [1.807, 2.05) is 6.07 Å². The summed E-state index contributed by atoms with van der Waals surface area (Å²) in [4.78, 5) is 0.129.